The molecule has 2 rings (SSSR count). The standard InChI is InChI=1S/C26H48S/c1-8-25(9-2,10-3)20(5)21(6)26(17-12-18-26)22(7)24(27)23-14-11-13-19(4)15-16-23/h12,17,19-24,27H,8-11,13-16,18H2,1-7H3. The Hall–Kier alpha value is 0.0900. The molecular weight excluding hydrogens is 344 g/mol. The quantitative estimate of drug-likeness (QED) is 0.227. The second-order valence-corrected chi connectivity index (χ2v) is 11.0. The Morgan fingerprint density at radius 2 is 1.56 bits per heavy atom. The van der Waals surface area contributed by atoms with E-state index in [1.807, 2.05) is 0 Å². The molecule has 7 unspecified atom stereocenters. The lowest BCUT2D eigenvalue weighted by atomic mass is 9.51. The topological polar surface area (TPSA) is 0 Å². The maximum absolute atomic E-state index is 5.30. The highest BCUT2D eigenvalue weighted by Gasteiger charge is 2.50. The predicted molar refractivity (Wildman–Crippen MR) is 126 cm³/mol. The summed E-state index contributed by atoms with van der Waals surface area (Å²) in [6.45, 7) is 17.3. The third-order valence-electron chi connectivity index (χ3n) is 9.72. The lowest BCUT2D eigenvalue weighted by Gasteiger charge is -2.54. The fourth-order valence-electron chi connectivity index (χ4n) is 6.78. The van der Waals surface area contributed by atoms with Crippen molar-refractivity contribution in [3.05, 3.63) is 12.2 Å². The van der Waals surface area contributed by atoms with Crippen LogP contribution in [0.3, 0.4) is 0 Å². The van der Waals surface area contributed by atoms with E-state index in [4.69, 9.17) is 12.6 Å². The normalized spacial score (nSPS) is 33.6. The zero-order valence-electron chi connectivity index (χ0n) is 19.4. The summed E-state index contributed by atoms with van der Waals surface area (Å²) in [6.07, 6.45) is 17.3. The summed E-state index contributed by atoms with van der Waals surface area (Å²) in [6, 6.07) is 0. The lowest BCUT2D eigenvalue weighted by Crippen LogP contribution is -2.48. The number of thiol groups is 1. The molecule has 0 saturated heterocycles. The molecule has 1 heteroatoms. The van der Waals surface area contributed by atoms with Crippen LogP contribution in [0.1, 0.15) is 106 Å². The van der Waals surface area contributed by atoms with E-state index in [-0.39, 0.29) is 0 Å². The molecule has 0 spiro atoms. The first kappa shape index (κ1) is 23.4. The van der Waals surface area contributed by atoms with Crippen LogP contribution in [0.15, 0.2) is 12.2 Å². The summed E-state index contributed by atoms with van der Waals surface area (Å²) in [5, 5.41) is 0.550. The maximum Gasteiger partial charge on any atom is 0.00792 e. The van der Waals surface area contributed by atoms with Crippen molar-refractivity contribution in [3.8, 4) is 0 Å². The highest BCUT2D eigenvalue weighted by molar-refractivity contribution is 7.81. The van der Waals surface area contributed by atoms with Gasteiger partial charge >= 0.3 is 0 Å². The van der Waals surface area contributed by atoms with Crippen molar-refractivity contribution >= 4 is 12.6 Å². The highest BCUT2D eigenvalue weighted by atomic mass is 32.1. The summed E-state index contributed by atoms with van der Waals surface area (Å²) in [5.74, 6) is 3.90. The average Bonchev–Trinajstić information content (AvgIpc) is 2.86. The van der Waals surface area contributed by atoms with Gasteiger partial charge in [-0.05, 0) is 59.7 Å². The second-order valence-electron chi connectivity index (χ2n) is 10.4. The van der Waals surface area contributed by atoms with Crippen molar-refractivity contribution in [3.63, 3.8) is 0 Å². The smallest absolute Gasteiger partial charge is 0.00792 e. The van der Waals surface area contributed by atoms with Crippen LogP contribution < -0.4 is 0 Å². The number of hydrogen-bond donors (Lipinski definition) is 1. The molecular formula is C26H48S. The Kier molecular flexibility index (Phi) is 8.42. The maximum atomic E-state index is 5.30. The molecule has 2 aliphatic rings. The van der Waals surface area contributed by atoms with Gasteiger partial charge in [-0.3, -0.25) is 0 Å². The molecule has 1 fully saturated rings. The van der Waals surface area contributed by atoms with Crippen molar-refractivity contribution in [2.24, 2.45) is 40.4 Å². The minimum absolute atomic E-state index is 0.370. The van der Waals surface area contributed by atoms with E-state index in [1.54, 1.807) is 0 Å². The summed E-state index contributed by atoms with van der Waals surface area (Å²) in [4.78, 5) is 0. The molecule has 27 heavy (non-hydrogen) atoms. The van der Waals surface area contributed by atoms with Crippen molar-refractivity contribution in [2.45, 2.75) is 112 Å². The molecule has 0 N–H and O–H groups in total. The van der Waals surface area contributed by atoms with E-state index in [2.05, 4.69) is 60.6 Å². The highest BCUT2D eigenvalue weighted by Crippen LogP contribution is 2.57. The molecule has 0 aliphatic heterocycles. The third-order valence-corrected chi connectivity index (χ3v) is 10.6. The molecule has 1 saturated carbocycles. The zero-order chi connectivity index (χ0) is 20.2. The van der Waals surface area contributed by atoms with E-state index >= 15 is 0 Å². The van der Waals surface area contributed by atoms with Crippen molar-refractivity contribution in [1.82, 2.24) is 0 Å². The van der Waals surface area contributed by atoms with Crippen LogP contribution >= 0.6 is 12.6 Å². The fourth-order valence-corrected chi connectivity index (χ4v) is 7.35. The van der Waals surface area contributed by atoms with Gasteiger partial charge in [-0.25, -0.2) is 0 Å². The van der Waals surface area contributed by atoms with Gasteiger partial charge in [0.25, 0.3) is 0 Å². The van der Waals surface area contributed by atoms with Gasteiger partial charge in [0.15, 0.2) is 0 Å². The molecule has 0 aromatic heterocycles. The van der Waals surface area contributed by atoms with Crippen LogP contribution in [0.4, 0.5) is 0 Å². The lowest BCUT2D eigenvalue weighted by molar-refractivity contribution is 0.00732. The van der Waals surface area contributed by atoms with Crippen molar-refractivity contribution in [2.75, 3.05) is 0 Å². The Balaban J connectivity index is 2.18. The number of rotatable bonds is 9. The number of allylic oxidation sites excluding steroid dienone is 2. The molecule has 0 nitrogen and oxygen atoms in total. The second kappa shape index (κ2) is 9.73. The Bertz CT molecular complexity index is 468. The van der Waals surface area contributed by atoms with Gasteiger partial charge < -0.3 is 0 Å². The van der Waals surface area contributed by atoms with Gasteiger partial charge in [0, 0.05) is 5.25 Å². The van der Waals surface area contributed by atoms with Crippen molar-refractivity contribution in [1.29, 1.82) is 0 Å². The summed E-state index contributed by atoms with van der Waals surface area (Å²) in [5.41, 5.74) is 0.869. The molecule has 0 amide bonds. The first-order valence-electron chi connectivity index (χ1n) is 12.1. The van der Waals surface area contributed by atoms with Crippen LogP contribution in [0.2, 0.25) is 0 Å². The van der Waals surface area contributed by atoms with E-state index in [9.17, 15) is 0 Å². The Morgan fingerprint density at radius 3 is 2.04 bits per heavy atom. The molecule has 0 aromatic carbocycles. The number of hydrogen-bond acceptors (Lipinski definition) is 1. The molecule has 158 valence electrons. The van der Waals surface area contributed by atoms with Crippen LogP contribution in [0, 0.1) is 40.4 Å². The Labute approximate surface area is 176 Å². The Morgan fingerprint density at radius 1 is 0.963 bits per heavy atom. The van der Waals surface area contributed by atoms with E-state index in [1.165, 1.54) is 57.8 Å². The van der Waals surface area contributed by atoms with Crippen LogP contribution in [0.5, 0.6) is 0 Å². The largest absolute Gasteiger partial charge is 0.175 e. The summed E-state index contributed by atoms with van der Waals surface area (Å²) >= 11 is 5.30. The average molecular weight is 393 g/mol. The van der Waals surface area contributed by atoms with Gasteiger partial charge in [0.1, 0.15) is 0 Å². The van der Waals surface area contributed by atoms with E-state index in [0.717, 1.165) is 23.7 Å². The van der Waals surface area contributed by atoms with Gasteiger partial charge in [0.2, 0.25) is 0 Å². The third kappa shape index (κ3) is 4.49. The van der Waals surface area contributed by atoms with E-state index < -0.39 is 0 Å². The van der Waals surface area contributed by atoms with E-state index in [0.29, 0.717) is 22.0 Å². The molecule has 0 aromatic rings. The van der Waals surface area contributed by atoms with Crippen LogP contribution in [0.25, 0.3) is 0 Å². The zero-order valence-corrected chi connectivity index (χ0v) is 20.3. The minimum atomic E-state index is 0.370. The molecule has 2 aliphatic carbocycles. The SMILES string of the molecule is CCC(CC)(CC)C(C)C(C)C1(C(C)C(S)C2CCCC(C)CC2)C=CC1. The molecule has 0 bridgehead atoms. The van der Waals surface area contributed by atoms with Crippen LogP contribution in [-0.2, 0) is 0 Å². The first-order valence-corrected chi connectivity index (χ1v) is 12.6. The molecule has 7 atom stereocenters. The minimum Gasteiger partial charge on any atom is -0.175 e. The monoisotopic (exact) mass is 392 g/mol. The first-order chi connectivity index (χ1) is 12.8. The van der Waals surface area contributed by atoms with Gasteiger partial charge in [-0.2, -0.15) is 12.6 Å². The predicted octanol–water partition coefficient (Wildman–Crippen LogP) is 8.57. The van der Waals surface area contributed by atoms with Gasteiger partial charge in [-0.1, -0.05) is 99.1 Å². The van der Waals surface area contributed by atoms with Gasteiger partial charge in [0.05, 0.1) is 0 Å². The molecule has 0 heterocycles. The molecule has 0 radical (unpaired) electrons. The summed E-state index contributed by atoms with van der Waals surface area (Å²) < 4.78 is 0. The van der Waals surface area contributed by atoms with Gasteiger partial charge in [-0.15, -0.1) is 0 Å². The summed E-state index contributed by atoms with van der Waals surface area (Å²) in [7, 11) is 0. The van der Waals surface area contributed by atoms with Crippen molar-refractivity contribution < 1.29 is 0 Å². The fraction of sp³-hybridized carbons (Fsp3) is 0.923. The van der Waals surface area contributed by atoms with Crippen LogP contribution in [-0.4, -0.2) is 5.25 Å².